The zero-order valence-electron chi connectivity index (χ0n) is 9.08. The van der Waals surface area contributed by atoms with Gasteiger partial charge in [0.05, 0.1) is 6.61 Å². The second kappa shape index (κ2) is 5.86. The molecule has 0 radical (unpaired) electrons. The molecule has 4 heteroatoms. The molecule has 14 heavy (non-hydrogen) atoms. The summed E-state index contributed by atoms with van der Waals surface area (Å²) >= 11 is 0. The van der Waals surface area contributed by atoms with Crippen LogP contribution in [0.3, 0.4) is 0 Å². The van der Waals surface area contributed by atoms with E-state index < -0.39 is 0 Å². The fraction of sp³-hybridized carbons (Fsp3) is 0.900. The number of nitrogens with one attached hydrogen (secondary N) is 1. The van der Waals surface area contributed by atoms with E-state index in [1.807, 2.05) is 13.8 Å². The summed E-state index contributed by atoms with van der Waals surface area (Å²) in [4.78, 5) is 13.2. The molecule has 0 bridgehead atoms. The van der Waals surface area contributed by atoms with Gasteiger partial charge in [0.25, 0.3) is 0 Å². The topological polar surface area (TPSA) is 41.6 Å². The minimum atomic E-state index is -0.191. The van der Waals surface area contributed by atoms with E-state index in [0.29, 0.717) is 12.6 Å². The molecule has 82 valence electrons. The lowest BCUT2D eigenvalue weighted by molar-refractivity contribution is 0.106. The minimum absolute atomic E-state index is 0.191. The van der Waals surface area contributed by atoms with Gasteiger partial charge in [0.15, 0.2) is 0 Å². The van der Waals surface area contributed by atoms with Crippen molar-refractivity contribution < 1.29 is 9.53 Å². The molecule has 1 fully saturated rings. The van der Waals surface area contributed by atoms with Gasteiger partial charge in [-0.1, -0.05) is 0 Å². The summed E-state index contributed by atoms with van der Waals surface area (Å²) in [7, 11) is 0. The number of likely N-dealkylation sites (N-methyl/N-ethyl adjacent to an activating group) is 1. The van der Waals surface area contributed by atoms with Crippen molar-refractivity contribution in [1.82, 2.24) is 10.2 Å². The lowest BCUT2D eigenvalue weighted by Crippen LogP contribution is -2.41. The van der Waals surface area contributed by atoms with Crippen molar-refractivity contribution >= 4 is 6.09 Å². The Balaban J connectivity index is 2.33. The van der Waals surface area contributed by atoms with Gasteiger partial charge in [0.2, 0.25) is 0 Å². The van der Waals surface area contributed by atoms with E-state index in [9.17, 15) is 4.79 Å². The van der Waals surface area contributed by atoms with Gasteiger partial charge in [-0.15, -0.1) is 0 Å². The largest absolute Gasteiger partial charge is 0.450 e. The summed E-state index contributed by atoms with van der Waals surface area (Å²) in [6.07, 6.45) is 2.18. The van der Waals surface area contributed by atoms with Crippen molar-refractivity contribution in [2.24, 2.45) is 0 Å². The second-order valence-corrected chi connectivity index (χ2v) is 3.53. The maximum absolute atomic E-state index is 11.4. The molecule has 1 amide bonds. The van der Waals surface area contributed by atoms with Crippen molar-refractivity contribution in [3.05, 3.63) is 0 Å². The predicted octanol–water partition coefficient (Wildman–Crippen LogP) is 1.22. The van der Waals surface area contributed by atoms with Crippen LogP contribution in [0.25, 0.3) is 0 Å². The van der Waals surface area contributed by atoms with E-state index in [1.165, 1.54) is 6.42 Å². The average molecular weight is 200 g/mol. The Kier molecular flexibility index (Phi) is 4.73. The molecule has 1 N–H and O–H groups in total. The standard InChI is InChI=1S/C10H20N2O2/c1-3-12(10(13)14-4-2)8-9-6-5-7-11-9/h9,11H,3-8H2,1-2H3. The van der Waals surface area contributed by atoms with Gasteiger partial charge in [-0.25, -0.2) is 4.79 Å². The lowest BCUT2D eigenvalue weighted by Gasteiger charge is -2.23. The van der Waals surface area contributed by atoms with Crippen LogP contribution in [0.15, 0.2) is 0 Å². The number of hydrogen-bond donors (Lipinski definition) is 1. The Bertz CT molecular complexity index is 179. The van der Waals surface area contributed by atoms with E-state index in [-0.39, 0.29) is 6.09 Å². The molecular weight excluding hydrogens is 180 g/mol. The van der Waals surface area contributed by atoms with Gasteiger partial charge < -0.3 is 15.0 Å². The first-order chi connectivity index (χ1) is 6.77. The normalized spacial score (nSPS) is 20.9. The zero-order valence-corrected chi connectivity index (χ0v) is 9.08. The van der Waals surface area contributed by atoms with Crippen LogP contribution in [0.1, 0.15) is 26.7 Å². The molecule has 1 rings (SSSR count). The molecule has 1 saturated heterocycles. The van der Waals surface area contributed by atoms with Crippen LogP contribution in [0, 0.1) is 0 Å². The number of nitrogens with zero attached hydrogens (tertiary/aromatic N) is 1. The molecular formula is C10H20N2O2. The highest BCUT2D eigenvalue weighted by Crippen LogP contribution is 2.07. The Labute approximate surface area is 85.6 Å². The van der Waals surface area contributed by atoms with Crippen molar-refractivity contribution in [3.8, 4) is 0 Å². The monoisotopic (exact) mass is 200 g/mol. The highest BCUT2D eigenvalue weighted by atomic mass is 16.6. The number of carbonyl (C=O) groups excluding carboxylic acids is 1. The molecule has 1 heterocycles. The van der Waals surface area contributed by atoms with Crippen LogP contribution in [0.4, 0.5) is 4.79 Å². The number of hydrogen-bond acceptors (Lipinski definition) is 3. The zero-order chi connectivity index (χ0) is 10.4. The van der Waals surface area contributed by atoms with Crippen molar-refractivity contribution in [1.29, 1.82) is 0 Å². The number of carbonyl (C=O) groups is 1. The highest BCUT2D eigenvalue weighted by Gasteiger charge is 2.20. The first-order valence-corrected chi connectivity index (χ1v) is 5.43. The SMILES string of the molecule is CCOC(=O)N(CC)CC1CCCN1. The van der Waals surface area contributed by atoms with E-state index >= 15 is 0 Å². The third-order valence-electron chi connectivity index (χ3n) is 2.51. The lowest BCUT2D eigenvalue weighted by atomic mass is 10.2. The molecule has 0 saturated carbocycles. The van der Waals surface area contributed by atoms with Crippen molar-refractivity contribution in [2.75, 3.05) is 26.2 Å². The molecule has 0 aromatic heterocycles. The maximum atomic E-state index is 11.4. The van der Waals surface area contributed by atoms with Crippen molar-refractivity contribution in [2.45, 2.75) is 32.7 Å². The summed E-state index contributed by atoms with van der Waals surface area (Å²) in [6.45, 7) is 6.83. The van der Waals surface area contributed by atoms with Crippen LogP contribution in [0.5, 0.6) is 0 Å². The second-order valence-electron chi connectivity index (χ2n) is 3.53. The third-order valence-corrected chi connectivity index (χ3v) is 2.51. The number of amides is 1. The van der Waals surface area contributed by atoms with Gasteiger partial charge in [-0.05, 0) is 33.2 Å². The first kappa shape index (κ1) is 11.3. The Morgan fingerprint density at radius 3 is 2.86 bits per heavy atom. The molecule has 1 unspecified atom stereocenters. The van der Waals surface area contributed by atoms with E-state index in [0.717, 1.165) is 26.1 Å². The molecule has 1 atom stereocenters. The molecule has 1 aliphatic heterocycles. The summed E-state index contributed by atoms with van der Waals surface area (Å²) in [5, 5.41) is 3.37. The number of rotatable bonds is 4. The van der Waals surface area contributed by atoms with Crippen LogP contribution < -0.4 is 5.32 Å². The minimum Gasteiger partial charge on any atom is -0.450 e. The number of ether oxygens (including phenoxy) is 1. The summed E-state index contributed by atoms with van der Waals surface area (Å²) in [6, 6.07) is 0.458. The molecule has 4 nitrogen and oxygen atoms in total. The molecule has 0 aromatic rings. The van der Waals surface area contributed by atoms with E-state index in [2.05, 4.69) is 5.32 Å². The molecule has 1 aliphatic rings. The highest BCUT2D eigenvalue weighted by molar-refractivity contribution is 5.67. The molecule has 0 aliphatic carbocycles. The Morgan fingerprint density at radius 2 is 2.36 bits per heavy atom. The van der Waals surface area contributed by atoms with Gasteiger partial charge in [0, 0.05) is 19.1 Å². The van der Waals surface area contributed by atoms with Crippen LogP contribution in [-0.2, 0) is 4.74 Å². The Morgan fingerprint density at radius 1 is 1.57 bits per heavy atom. The smallest absolute Gasteiger partial charge is 0.409 e. The first-order valence-electron chi connectivity index (χ1n) is 5.43. The average Bonchev–Trinajstić information content (AvgIpc) is 2.66. The van der Waals surface area contributed by atoms with E-state index in [1.54, 1.807) is 4.90 Å². The predicted molar refractivity (Wildman–Crippen MR) is 55.3 cm³/mol. The molecule has 0 aromatic carbocycles. The van der Waals surface area contributed by atoms with Crippen LogP contribution >= 0.6 is 0 Å². The third kappa shape index (κ3) is 3.18. The fourth-order valence-corrected chi connectivity index (χ4v) is 1.73. The van der Waals surface area contributed by atoms with Crippen LogP contribution in [-0.4, -0.2) is 43.3 Å². The van der Waals surface area contributed by atoms with Gasteiger partial charge in [0.1, 0.15) is 0 Å². The van der Waals surface area contributed by atoms with Gasteiger partial charge >= 0.3 is 6.09 Å². The fourth-order valence-electron chi connectivity index (χ4n) is 1.73. The summed E-state index contributed by atoms with van der Waals surface area (Å²) < 4.78 is 4.96. The van der Waals surface area contributed by atoms with Crippen molar-refractivity contribution in [3.63, 3.8) is 0 Å². The summed E-state index contributed by atoms with van der Waals surface area (Å²) in [5.74, 6) is 0. The quantitative estimate of drug-likeness (QED) is 0.742. The summed E-state index contributed by atoms with van der Waals surface area (Å²) in [5.41, 5.74) is 0. The van der Waals surface area contributed by atoms with E-state index in [4.69, 9.17) is 4.74 Å². The van der Waals surface area contributed by atoms with Gasteiger partial charge in [-0.3, -0.25) is 0 Å². The van der Waals surface area contributed by atoms with Gasteiger partial charge in [-0.2, -0.15) is 0 Å². The maximum Gasteiger partial charge on any atom is 0.409 e. The Hall–Kier alpha value is -0.770. The molecule has 0 spiro atoms. The van der Waals surface area contributed by atoms with Crippen LogP contribution in [0.2, 0.25) is 0 Å².